The van der Waals surface area contributed by atoms with Gasteiger partial charge < -0.3 is 0 Å². The molecule has 1 aliphatic rings. The van der Waals surface area contributed by atoms with E-state index in [-0.39, 0.29) is 24.7 Å². The van der Waals surface area contributed by atoms with Crippen LogP contribution in [0.3, 0.4) is 0 Å². The summed E-state index contributed by atoms with van der Waals surface area (Å²) in [5, 5.41) is 2.34. The Morgan fingerprint density at radius 2 is 1.71 bits per heavy atom. The molecular formula is C24H31F5N2O3S. The van der Waals surface area contributed by atoms with E-state index in [1.165, 1.54) is 0 Å². The van der Waals surface area contributed by atoms with Crippen LogP contribution in [0.25, 0.3) is 0 Å². The molecule has 1 saturated heterocycles. The Labute approximate surface area is 206 Å². The fourth-order valence-corrected chi connectivity index (χ4v) is 5.04. The summed E-state index contributed by atoms with van der Waals surface area (Å²) in [7, 11) is 1.78. The van der Waals surface area contributed by atoms with E-state index < -0.39 is 24.6 Å². The average Bonchev–Trinajstić information content (AvgIpc) is 2.77. The van der Waals surface area contributed by atoms with Crippen molar-refractivity contribution in [3.8, 4) is 0 Å². The van der Waals surface area contributed by atoms with Crippen LogP contribution in [0.1, 0.15) is 73.7 Å². The van der Waals surface area contributed by atoms with E-state index in [2.05, 4.69) is 5.32 Å². The Kier molecular flexibility index (Phi) is 11.1. The molecule has 1 aromatic carbocycles. The highest BCUT2D eigenvalue weighted by molar-refractivity contribution is 7.99. The number of imide groups is 1. The molecule has 0 aromatic heterocycles. The molecule has 2 rings (SSSR count). The molecule has 2 amide bonds. The summed E-state index contributed by atoms with van der Waals surface area (Å²) in [6.07, 6.45) is -2.03. The molecule has 35 heavy (non-hydrogen) atoms. The molecule has 11 heteroatoms. The third-order valence-corrected chi connectivity index (χ3v) is 7.19. The largest absolute Gasteiger partial charge is 0.453 e. The zero-order chi connectivity index (χ0) is 26.1. The van der Waals surface area contributed by atoms with E-state index in [4.69, 9.17) is 0 Å². The smallest absolute Gasteiger partial charge is 0.298 e. The van der Waals surface area contributed by atoms with E-state index in [1.54, 1.807) is 30.9 Å². The third kappa shape index (κ3) is 8.86. The van der Waals surface area contributed by atoms with E-state index in [9.17, 15) is 36.3 Å². The van der Waals surface area contributed by atoms with Crippen molar-refractivity contribution < 1.29 is 36.3 Å². The Hall–Kier alpha value is -2.01. The number of carbonyl (C=O) groups excluding carboxylic acids is 3. The molecule has 0 bridgehead atoms. The van der Waals surface area contributed by atoms with Gasteiger partial charge in [-0.3, -0.25) is 24.6 Å². The molecule has 1 fully saturated rings. The third-order valence-electron chi connectivity index (χ3n) is 6.00. The van der Waals surface area contributed by atoms with Gasteiger partial charge >= 0.3 is 12.1 Å². The number of nitrogens with zero attached hydrogens (tertiary/aromatic N) is 1. The van der Waals surface area contributed by atoms with Crippen LogP contribution >= 0.6 is 11.8 Å². The lowest BCUT2D eigenvalue weighted by Gasteiger charge is -2.30. The highest BCUT2D eigenvalue weighted by Crippen LogP contribution is 2.39. The second-order valence-corrected chi connectivity index (χ2v) is 9.88. The number of alkyl halides is 5. The van der Waals surface area contributed by atoms with Crippen LogP contribution in [-0.2, 0) is 16.1 Å². The Bertz CT molecular complexity index is 879. The summed E-state index contributed by atoms with van der Waals surface area (Å²) in [4.78, 5) is 37.9. The summed E-state index contributed by atoms with van der Waals surface area (Å²) >= 11 is 1.58. The van der Waals surface area contributed by atoms with Crippen molar-refractivity contribution in [3.05, 3.63) is 29.3 Å². The molecule has 0 aliphatic carbocycles. The monoisotopic (exact) mass is 522 g/mol. The number of nitrogens with one attached hydrogen (secondary N) is 1. The first kappa shape index (κ1) is 29.2. The number of unbranched alkanes of at least 4 members (excludes halogenated alkanes) is 5. The predicted octanol–water partition coefficient (Wildman–Crippen LogP) is 5.76. The number of likely N-dealkylation sites (N-methyl/N-ethyl adjacent to an activating group) is 1. The fourth-order valence-electron chi connectivity index (χ4n) is 3.94. The number of piperidine rings is 1. The lowest BCUT2D eigenvalue weighted by atomic mass is 10.0. The highest BCUT2D eigenvalue weighted by atomic mass is 32.2. The van der Waals surface area contributed by atoms with Gasteiger partial charge in [0.15, 0.2) is 0 Å². The predicted molar refractivity (Wildman–Crippen MR) is 124 cm³/mol. The number of hydrogen-bond donors (Lipinski definition) is 1. The van der Waals surface area contributed by atoms with Crippen molar-refractivity contribution in [2.75, 3.05) is 12.8 Å². The zero-order valence-corrected chi connectivity index (χ0v) is 20.5. The summed E-state index contributed by atoms with van der Waals surface area (Å²) in [5.41, 5.74) is 1.34. The lowest BCUT2D eigenvalue weighted by molar-refractivity contribution is -0.284. The van der Waals surface area contributed by atoms with Gasteiger partial charge in [0.1, 0.15) is 6.29 Å². The average molecular weight is 523 g/mol. The summed E-state index contributed by atoms with van der Waals surface area (Å²) in [6.45, 7) is 0.367. The van der Waals surface area contributed by atoms with Crippen molar-refractivity contribution in [2.45, 2.75) is 87.4 Å². The molecule has 0 spiro atoms. The molecular weight excluding hydrogens is 491 g/mol. The van der Waals surface area contributed by atoms with Crippen molar-refractivity contribution in [1.29, 1.82) is 0 Å². The minimum Gasteiger partial charge on any atom is -0.298 e. The van der Waals surface area contributed by atoms with Crippen molar-refractivity contribution in [3.63, 3.8) is 0 Å². The van der Waals surface area contributed by atoms with Gasteiger partial charge in [-0.2, -0.15) is 22.0 Å². The molecule has 1 N–H and O–H groups in total. The standard InChI is InChI=1S/C24H31F5N2O3S/c1-31(19-11-12-21(33)30-22(19)34)15-18-17(16-32)9-8-10-20(18)35-14-7-5-3-2-4-6-13-23(25,26)24(27,28)29/h8-10,16,19H,2-7,11-15H2,1H3,(H,30,33,34). The maximum Gasteiger partial charge on any atom is 0.453 e. The van der Waals surface area contributed by atoms with Gasteiger partial charge in [-0.15, -0.1) is 11.8 Å². The van der Waals surface area contributed by atoms with Gasteiger partial charge in [-0.05, 0) is 43.7 Å². The topological polar surface area (TPSA) is 66.5 Å². The normalized spacial score (nSPS) is 17.1. The van der Waals surface area contributed by atoms with Gasteiger partial charge in [0.05, 0.1) is 6.04 Å². The van der Waals surface area contributed by atoms with Gasteiger partial charge in [0.2, 0.25) is 11.8 Å². The number of halogens is 5. The van der Waals surface area contributed by atoms with Crippen LogP contribution in [0.4, 0.5) is 22.0 Å². The van der Waals surface area contributed by atoms with E-state index in [0.717, 1.165) is 41.8 Å². The summed E-state index contributed by atoms with van der Waals surface area (Å²) in [6, 6.07) is 4.96. The van der Waals surface area contributed by atoms with Crippen molar-refractivity contribution >= 4 is 29.9 Å². The van der Waals surface area contributed by atoms with Crippen LogP contribution in [0.5, 0.6) is 0 Å². The SMILES string of the molecule is CN(Cc1c(C=O)cccc1SCCCCCCCCC(F)(F)C(F)(F)F)C1CCC(=O)NC1=O. The minimum atomic E-state index is -5.49. The minimum absolute atomic E-state index is 0.163. The number of aldehydes is 1. The first-order valence-corrected chi connectivity index (χ1v) is 12.6. The highest BCUT2D eigenvalue weighted by Gasteiger charge is 2.56. The van der Waals surface area contributed by atoms with Crippen LogP contribution in [0, 0.1) is 0 Å². The number of carbonyl (C=O) groups is 3. The van der Waals surface area contributed by atoms with E-state index in [1.807, 2.05) is 11.0 Å². The van der Waals surface area contributed by atoms with Crippen molar-refractivity contribution in [2.24, 2.45) is 0 Å². The van der Waals surface area contributed by atoms with E-state index >= 15 is 0 Å². The molecule has 1 heterocycles. The molecule has 1 atom stereocenters. The molecule has 0 saturated carbocycles. The second-order valence-electron chi connectivity index (χ2n) is 8.75. The van der Waals surface area contributed by atoms with Gasteiger partial charge in [0.25, 0.3) is 0 Å². The van der Waals surface area contributed by atoms with Crippen LogP contribution < -0.4 is 5.32 Å². The number of thioether (sulfide) groups is 1. The van der Waals surface area contributed by atoms with E-state index in [0.29, 0.717) is 31.4 Å². The van der Waals surface area contributed by atoms with Gasteiger partial charge in [-0.1, -0.05) is 37.8 Å². The molecule has 1 unspecified atom stereocenters. The molecule has 1 aromatic rings. The first-order chi connectivity index (χ1) is 16.5. The summed E-state index contributed by atoms with van der Waals surface area (Å²) < 4.78 is 62.2. The molecule has 196 valence electrons. The Morgan fingerprint density at radius 3 is 2.34 bits per heavy atom. The van der Waals surface area contributed by atoms with Crippen LogP contribution in [0.2, 0.25) is 0 Å². The zero-order valence-electron chi connectivity index (χ0n) is 19.6. The van der Waals surface area contributed by atoms with Gasteiger partial charge in [0, 0.05) is 29.8 Å². The Morgan fingerprint density at radius 1 is 1.06 bits per heavy atom. The van der Waals surface area contributed by atoms with Gasteiger partial charge in [-0.25, -0.2) is 0 Å². The number of hydrogen-bond acceptors (Lipinski definition) is 5. The molecule has 0 radical (unpaired) electrons. The maximum absolute atomic E-state index is 12.9. The van der Waals surface area contributed by atoms with Crippen LogP contribution in [0.15, 0.2) is 23.1 Å². The number of amides is 2. The maximum atomic E-state index is 12.9. The van der Waals surface area contributed by atoms with Crippen LogP contribution in [-0.4, -0.2) is 53.9 Å². The lowest BCUT2D eigenvalue weighted by Crippen LogP contribution is -2.51. The van der Waals surface area contributed by atoms with Crippen molar-refractivity contribution in [1.82, 2.24) is 10.2 Å². The first-order valence-electron chi connectivity index (χ1n) is 11.6. The second kappa shape index (κ2) is 13.3. The Balaban J connectivity index is 1.77. The number of benzene rings is 1. The fraction of sp³-hybridized carbons (Fsp3) is 0.625. The summed E-state index contributed by atoms with van der Waals surface area (Å²) in [5.74, 6) is -4.50. The quantitative estimate of drug-likeness (QED) is 0.111. The molecule has 5 nitrogen and oxygen atoms in total. The number of rotatable bonds is 14. The molecule has 1 aliphatic heterocycles.